The molecular weight excluding hydrogens is 687 g/mol. The van der Waals surface area contributed by atoms with E-state index in [0.717, 1.165) is 115 Å². The first-order chi connectivity index (χ1) is 25.6. The average Bonchev–Trinajstić information content (AvgIpc) is 3.90. The number of carbonyl (C=O) groups excluding carboxylic acids is 2. The van der Waals surface area contributed by atoms with E-state index in [2.05, 4.69) is 37.1 Å². The van der Waals surface area contributed by atoms with Crippen LogP contribution >= 0.6 is 0 Å². The van der Waals surface area contributed by atoms with E-state index in [9.17, 15) is 18.0 Å². The molecule has 2 aliphatic carbocycles. The van der Waals surface area contributed by atoms with Crippen LogP contribution in [0.25, 0.3) is 33.8 Å². The third-order valence-corrected chi connectivity index (χ3v) is 14.6. The van der Waals surface area contributed by atoms with Crippen molar-refractivity contribution < 1.29 is 22.7 Å². The highest BCUT2D eigenvalue weighted by Crippen LogP contribution is 2.49. The van der Waals surface area contributed by atoms with E-state index in [4.69, 9.17) is 9.84 Å². The molecular formula is C42H49N5O5S. The van der Waals surface area contributed by atoms with Crippen LogP contribution in [0.5, 0.6) is 5.75 Å². The van der Waals surface area contributed by atoms with Gasteiger partial charge in [0.1, 0.15) is 5.75 Å². The van der Waals surface area contributed by atoms with Crippen molar-refractivity contribution in [3.63, 3.8) is 0 Å². The molecule has 2 aromatic carbocycles. The van der Waals surface area contributed by atoms with E-state index in [1.54, 1.807) is 27.0 Å². The Morgan fingerprint density at radius 1 is 0.868 bits per heavy atom. The molecule has 2 amide bonds. The normalized spacial score (nSPS) is 21.7. The van der Waals surface area contributed by atoms with Crippen LogP contribution in [0.3, 0.4) is 0 Å². The monoisotopic (exact) mass is 735 g/mol. The van der Waals surface area contributed by atoms with Gasteiger partial charge < -0.3 is 14.2 Å². The lowest BCUT2D eigenvalue weighted by Gasteiger charge is -2.29. The fourth-order valence-corrected chi connectivity index (χ4v) is 10.4. The summed E-state index contributed by atoms with van der Waals surface area (Å²) in [5.41, 5.74) is 8.19. The highest BCUT2D eigenvalue weighted by Gasteiger charge is 2.44. The Bertz CT molecular complexity index is 2250. The summed E-state index contributed by atoms with van der Waals surface area (Å²) < 4.78 is 38.1. The van der Waals surface area contributed by atoms with Crippen LogP contribution in [0.4, 0.5) is 0 Å². The molecule has 2 saturated carbocycles. The number of hydrogen-bond acceptors (Lipinski definition) is 6. The van der Waals surface area contributed by atoms with Gasteiger partial charge in [0, 0.05) is 34.1 Å². The number of aromatic nitrogens is 3. The first-order valence-electron chi connectivity index (χ1n) is 19.6. The summed E-state index contributed by atoms with van der Waals surface area (Å²) in [7, 11) is -2.14. The number of nitrogens with zero attached hydrogens (tertiary/aromatic N) is 4. The zero-order valence-electron chi connectivity index (χ0n) is 30.9. The standard InChI is InChI=1S/C42H49N5O5S/c1-25(2)53(50,51)44-41(48)27-12-18-35-37(22-27)45-24-29(20-28-21-33(52-3)17-19-34(28)40(45)38(35)26-8-5-4-6-9-26)39-36(23-43-47(39)32-10-7-11-32)42(49)46-30-13-14-31(46)16-15-30/h12,17-23,25-26,30-32H,4-11,13-16,24H2,1-3H3,(H,44,48). The SMILES string of the molecule is COc1ccc2c(c1)C=C(c1c(C(=O)N3C4CCC3CC4)cnn1C1CCC1)Cn1c-2c(C2CCCCC2)c2ccc(C(=O)NS(=O)(=O)C(C)C)cc21. The molecule has 4 aromatic rings. The molecule has 278 valence electrons. The van der Waals surface area contributed by atoms with Gasteiger partial charge in [-0.25, -0.2) is 13.1 Å². The quantitative estimate of drug-likeness (QED) is 0.196. The zero-order valence-corrected chi connectivity index (χ0v) is 31.8. The first-order valence-corrected chi connectivity index (χ1v) is 21.2. The van der Waals surface area contributed by atoms with E-state index < -0.39 is 21.2 Å². The van der Waals surface area contributed by atoms with Crippen molar-refractivity contribution in [1.82, 2.24) is 24.0 Å². The minimum Gasteiger partial charge on any atom is -0.497 e. The van der Waals surface area contributed by atoms with Gasteiger partial charge in [0.2, 0.25) is 10.0 Å². The van der Waals surface area contributed by atoms with E-state index in [-0.39, 0.29) is 11.9 Å². The van der Waals surface area contributed by atoms with Crippen LogP contribution in [0.1, 0.15) is 140 Å². The Labute approximate surface area is 311 Å². The van der Waals surface area contributed by atoms with Gasteiger partial charge in [-0.15, -0.1) is 0 Å². The molecule has 11 heteroatoms. The molecule has 1 N–H and O–H groups in total. The highest BCUT2D eigenvalue weighted by atomic mass is 32.2. The molecule has 3 aliphatic heterocycles. The maximum absolute atomic E-state index is 14.6. The molecule has 9 rings (SSSR count). The van der Waals surface area contributed by atoms with Gasteiger partial charge in [-0.05, 0) is 131 Å². The van der Waals surface area contributed by atoms with Crippen molar-refractivity contribution >= 4 is 44.4 Å². The Morgan fingerprint density at radius 2 is 1.60 bits per heavy atom. The number of sulfonamides is 1. The maximum atomic E-state index is 14.6. The number of benzene rings is 2. The molecule has 53 heavy (non-hydrogen) atoms. The topological polar surface area (TPSA) is 116 Å². The number of methoxy groups -OCH3 is 1. The van der Waals surface area contributed by atoms with Crippen molar-refractivity contribution in [1.29, 1.82) is 0 Å². The van der Waals surface area contributed by atoms with Gasteiger partial charge in [-0.1, -0.05) is 25.3 Å². The van der Waals surface area contributed by atoms with Gasteiger partial charge in [0.25, 0.3) is 11.8 Å². The van der Waals surface area contributed by atoms with Crippen molar-refractivity contribution in [2.24, 2.45) is 0 Å². The zero-order chi connectivity index (χ0) is 36.6. The molecule has 0 radical (unpaired) electrons. The number of carbonyl (C=O) groups is 2. The predicted octanol–water partition coefficient (Wildman–Crippen LogP) is 8.08. The number of ether oxygens (including phenoxy) is 1. The molecule has 0 spiro atoms. The number of amides is 2. The van der Waals surface area contributed by atoms with Crippen LogP contribution in [0, 0.1) is 0 Å². The van der Waals surface area contributed by atoms with E-state index in [1.165, 1.54) is 12.0 Å². The highest BCUT2D eigenvalue weighted by molar-refractivity contribution is 7.90. The fraction of sp³-hybridized carbons (Fsp3) is 0.500. The predicted molar refractivity (Wildman–Crippen MR) is 206 cm³/mol. The summed E-state index contributed by atoms with van der Waals surface area (Å²) in [6.45, 7) is 3.57. The molecule has 4 fully saturated rings. The van der Waals surface area contributed by atoms with Crippen LogP contribution in [-0.2, 0) is 16.6 Å². The summed E-state index contributed by atoms with van der Waals surface area (Å²) in [4.78, 5) is 30.3. The smallest absolute Gasteiger partial charge is 0.264 e. The third kappa shape index (κ3) is 5.72. The fourth-order valence-electron chi connectivity index (χ4n) is 9.76. The minimum absolute atomic E-state index is 0.0809. The van der Waals surface area contributed by atoms with Gasteiger partial charge in [-0.3, -0.25) is 14.3 Å². The molecule has 2 saturated heterocycles. The number of fused-ring (bicyclic) bond motifs is 7. The molecule has 5 heterocycles. The van der Waals surface area contributed by atoms with Crippen molar-refractivity contribution in [3.8, 4) is 17.0 Å². The van der Waals surface area contributed by atoms with Crippen molar-refractivity contribution in [2.75, 3.05) is 7.11 Å². The van der Waals surface area contributed by atoms with Gasteiger partial charge >= 0.3 is 0 Å². The lowest BCUT2D eigenvalue weighted by atomic mass is 9.81. The second kappa shape index (κ2) is 13.2. The van der Waals surface area contributed by atoms with Crippen LogP contribution < -0.4 is 9.46 Å². The maximum Gasteiger partial charge on any atom is 0.264 e. The molecule has 10 nitrogen and oxygen atoms in total. The lowest BCUT2D eigenvalue weighted by molar-refractivity contribution is 0.0729. The lowest BCUT2D eigenvalue weighted by Crippen LogP contribution is -2.35. The summed E-state index contributed by atoms with van der Waals surface area (Å²) in [6, 6.07) is 12.7. The summed E-state index contributed by atoms with van der Waals surface area (Å²) in [6.07, 6.45) is 17.2. The summed E-state index contributed by atoms with van der Waals surface area (Å²) in [5, 5.41) is 5.30. The number of nitrogens with one attached hydrogen (secondary N) is 1. The van der Waals surface area contributed by atoms with E-state index >= 15 is 0 Å². The van der Waals surface area contributed by atoms with Gasteiger partial charge in [0.15, 0.2) is 0 Å². The van der Waals surface area contributed by atoms with Crippen LogP contribution in [-0.4, -0.2) is 63.9 Å². The molecule has 2 bridgehead atoms. The van der Waals surface area contributed by atoms with Gasteiger partial charge in [-0.2, -0.15) is 5.10 Å². The van der Waals surface area contributed by atoms with Crippen LogP contribution in [0.15, 0.2) is 42.6 Å². The van der Waals surface area contributed by atoms with Gasteiger partial charge in [0.05, 0.1) is 48.1 Å². The number of allylic oxidation sites excluding steroid dienone is 1. The third-order valence-electron chi connectivity index (χ3n) is 12.8. The largest absolute Gasteiger partial charge is 0.497 e. The molecule has 0 atom stereocenters. The Balaban J connectivity index is 1.26. The average molecular weight is 736 g/mol. The summed E-state index contributed by atoms with van der Waals surface area (Å²) in [5.74, 6) is 0.535. The van der Waals surface area contributed by atoms with Crippen molar-refractivity contribution in [2.45, 2.75) is 127 Å². The number of hydrogen-bond donors (Lipinski definition) is 1. The molecule has 2 aromatic heterocycles. The number of rotatable bonds is 8. The minimum atomic E-state index is -3.83. The first kappa shape index (κ1) is 34.4. The van der Waals surface area contributed by atoms with Crippen molar-refractivity contribution in [3.05, 3.63) is 70.5 Å². The Kier molecular flexibility index (Phi) is 8.55. The molecule has 0 unspecified atom stereocenters. The van der Waals surface area contributed by atoms with E-state index in [1.807, 2.05) is 24.4 Å². The molecule has 5 aliphatic rings. The van der Waals surface area contributed by atoms with E-state index in [0.29, 0.717) is 35.7 Å². The Hall–Kier alpha value is -4.38. The summed E-state index contributed by atoms with van der Waals surface area (Å²) >= 11 is 0. The second-order valence-corrected chi connectivity index (χ2v) is 18.4. The van der Waals surface area contributed by atoms with Crippen LogP contribution in [0.2, 0.25) is 0 Å². The Morgan fingerprint density at radius 3 is 2.26 bits per heavy atom. The second-order valence-electron chi connectivity index (χ2n) is 16.2.